The zero-order valence-corrected chi connectivity index (χ0v) is 75.8. The third-order valence-corrected chi connectivity index (χ3v) is 25.2. The van der Waals surface area contributed by atoms with Crippen molar-refractivity contribution in [3.05, 3.63) is 178 Å². The number of anilines is 1. The smallest absolute Gasteiger partial charge is 0.412 e. The highest BCUT2D eigenvalue weighted by atomic mass is 16.7. The number of nitrogens with one attached hydrogen (secondary N) is 4. The molecule has 18 N–H and O–H groups in total. The summed E-state index contributed by atoms with van der Waals surface area (Å²) in [6, 6.07) is 12.4. The summed E-state index contributed by atoms with van der Waals surface area (Å²) in [4.78, 5) is 151. The van der Waals surface area contributed by atoms with Gasteiger partial charge in [0.1, 0.15) is 115 Å². The molecule has 4 heterocycles. The van der Waals surface area contributed by atoms with E-state index in [2.05, 4.69) is 31.6 Å². The van der Waals surface area contributed by atoms with Crippen LogP contribution in [0.15, 0.2) is 79.0 Å². The van der Waals surface area contributed by atoms with Gasteiger partial charge in [0.25, 0.3) is 0 Å². The molecule has 18 atom stereocenters. The molecule has 140 heavy (non-hydrogen) atoms. The summed E-state index contributed by atoms with van der Waals surface area (Å²) in [6.07, 6.45) is -29.9. The Labute approximate surface area is 793 Å². The van der Waals surface area contributed by atoms with Crippen molar-refractivity contribution in [2.75, 3.05) is 85.5 Å². The second-order valence-corrected chi connectivity index (χ2v) is 34.2. The van der Waals surface area contributed by atoms with Crippen LogP contribution in [0.25, 0.3) is 0 Å². The van der Waals surface area contributed by atoms with E-state index in [1.807, 2.05) is 0 Å². The number of amides is 4. The quantitative estimate of drug-likeness (QED) is 0.00845. The second-order valence-electron chi connectivity index (χ2n) is 34.2. The predicted molar refractivity (Wildman–Crippen MR) is 468 cm³/mol. The van der Waals surface area contributed by atoms with Gasteiger partial charge in [-0.3, -0.25) is 49.0 Å². The van der Waals surface area contributed by atoms with Gasteiger partial charge in [-0.25, -0.2) is 19.1 Å². The number of aliphatic hydroxyl groups is 10. The largest absolute Gasteiger partial charge is 0.507 e. The third-order valence-electron chi connectivity index (χ3n) is 25.2. The van der Waals surface area contributed by atoms with E-state index >= 15 is 0 Å². The van der Waals surface area contributed by atoms with Gasteiger partial charge in [-0.05, 0) is 55.3 Å². The Hall–Kier alpha value is -13.0. The van der Waals surface area contributed by atoms with Gasteiger partial charge in [-0.1, -0.05) is 48.5 Å². The summed E-state index contributed by atoms with van der Waals surface area (Å²) < 4.78 is 82.4. The lowest BCUT2D eigenvalue weighted by Crippen LogP contribution is -2.60. The first-order chi connectivity index (χ1) is 66.9. The van der Waals surface area contributed by atoms with Crippen LogP contribution in [0.3, 0.4) is 0 Å². The lowest BCUT2D eigenvalue weighted by atomic mass is 9.72. The van der Waals surface area contributed by atoms with Crippen molar-refractivity contribution >= 4 is 70.3 Å². The molecule has 7 aliphatic rings. The zero-order valence-electron chi connectivity index (χ0n) is 75.8. The van der Waals surface area contributed by atoms with Crippen molar-refractivity contribution in [1.29, 1.82) is 0 Å². The van der Waals surface area contributed by atoms with Crippen molar-refractivity contribution in [3.63, 3.8) is 0 Å². The minimum absolute atomic E-state index is 0.0561. The zero-order chi connectivity index (χ0) is 101. The summed E-state index contributed by atoms with van der Waals surface area (Å²) in [5.41, 5.74) is -11.5. The number of alkyl carbamates (subject to hydrolysis) is 2. The lowest BCUT2D eigenvalue weighted by molar-refractivity contribution is -0.387. The van der Waals surface area contributed by atoms with Crippen LogP contribution in [-0.2, 0) is 106 Å². The molecule has 752 valence electrons. The number of carbonyl (C=O) groups excluding carboxylic acids is 10. The minimum atomic E-state index is -2.59. The van der Waals surface area contributed by atoms with Crippen molar-refractivity contribution in [3.8, 4) is 40.2 Å². The molecule has 3 fully saturated rings. The number of fused-ring (bicyclic) bond motifs is 6. The Morgan fingerprint density at radius 3 is 1.61 bits per heavy atom. The predicted octanol–water partition coefficient (Wildman–Crippen LogP) is 1.04. The molecular weight excluding hydrogens is 1860 g/mol. The summed E-state index contributed by atoms with van der Waals surface area (Å²) in [7, 11) is 2.46. The molecule has 48 heteroatoms. The third kappa shape index (κ3) is 21.5. The minimum Gasteiger partial charge on any atom is -0.507 e. The molecule has 7 aromatic rings. The number of aliphatic hydroxyl groups excluding tert-OH is 8. The van der Waals surface area contributed by atoms with E-state index in [4.69, 9.17) is 66.3 Å². The maximum absolute atomic E-state index is 14.8. The Kier molecular flexibility index (Phi) is 32.2. The summed E-state index contributed by atoms with van der Waals surface area (Å²) >= 11 is 0. The molecular formula is C92H104N8O40. The molecule has 48 nitrogen and oxygen atoms in total. The molecule has 1 aromatic heterocycles. The highest BCUT2D eigenvalue weighted by Crippen LogP contribution is 2.56. The number of aromatic nitrogens is 3. The summed E-state index contributed by atoms with van der Waals surface area (Å²) in [5.74, 6) is -10.6. The number of benzene rings is 6. The van der Waals surface area contributed by atoms with Crippen LogP contribution in [0.1, 0.15) is 180 Å². The molecule has 3 saturated heterocycles. The summed E-state index contributed by atoms with van der Waals surface area (Å²) in [6.45, 7) is 1.16. The molecule has 0 bridgehead atoms. The van der Waals surface area contributed by atoms with Gasteiger partial charge in [0.2, 0.25) is 23.8 Å². The number of rotatable bonds is 38. The van der Waals surface area contributed by atoms with Gasteiger partial charge in [-0.15, -0.1) is 5.10 Å². The monoisotopic (exact) mass is 1960 g/mol. The molecule has 0 spiro atoms. The molecule has 0 radical (unpaired) electrons. The lowest BCUT2D eigenvalue weighted by Gasteiger charge is -2.42. The number of nitro groups is 1. The number of hydrogen-bond donors (Lipinski definition) is 18. The normalized spacial score (nSPS) is 25.2. The van der Waals surface area contributed by atoms with Crippen LogP contribution in [0.5, 0.6) is 40.2 Å². The van der Waals surface area contributed by atoms with E-state index < -0.39 is 313 Å². The number of phenols is 4. The molecule has 4 amide bonds. The molecule has 3 aliphatic heterocycles. The number of ether oxygens (including phenoxy) is 14. The first kappa shape index (κ1) is 103. The van der Waals surface area contributed by atoms with Crippen molar-refractivity contribution in [2.45, 2.75) is 201 Å². The van der Waals surface area contributed by atoms with Crippen molar-refractivity contribution in [1.82, 2.24) is 30.9 Å². The van der Waals surface area contributed by atoms with Gasteiger partial charge >= 0.3 is 24.0 Å². The van der Waals surface area contributed by atoms with Crippen molar-refractivity contribution in [2.24, 2.45) is 0 Å². The van der Waals surface area contributed by atoms with E-state index in [0.29, 0.717) is 13.0 Å². The van der Waals surface area contributed by atoms with Crippen LogP contribution in [-0.4, -0.2) is 322 Å². The molecule has 6 aromatic carbocycles. The maximum atomic E-state index is 14.8. The Balaban J connectivity index is 0.719. The van der Waals surface area contributed by atoms with Gasteiger partial charge in [-0.2, -0.15) is 0 Å². The van der Waals surface area contributed by atoms with E-state index in [9.17, 15) is 130 Å². The van der Waals surface area contributed by atoms with Crippen LogP contribution >= 0.6 is 0 Å². The maximum Gasteiger partial charge on any atom is 0.412 e. The number of nitrogens with zero attached hydrogens (tertiary/aromatic N) is 4. The van der Waals surface area contributed by atoms with Crippen LogP contribution in [0, 0.1) is 10.1 Å². The number of phenolic OH excluding ortho intramolecular Hbond substituents is 4. The molecule has 0 saturated carbocycles. The van der Waals surface area contributed by atoms with Crippen molar-refractivity contribution < 1.29 is 191 Å². The molecule has 7 unspecified atom stereocenters. The highest BCUT2D eigenvalue weighted by molar-refractivity contribution is 6.32. The number of nitro benzene ring substituents is 1. The van der Waals surface area contributed by atoms with Gasteiger partial charge in [0.05, 0.1) is 153 Å². The van der Waals surface area contributed by atoms with E-state index in [-0.39, 0.29) is 125 Å². The Morgan fingerprint density at radius 2 is 1.11 bits per heavy atom. The fourth-order valence-corrected chi connectivity index (χ4v) is 18.0. The van der Waals surface area contributed by atoms with Gasteiger partial charge < -0.3 is 154 Å². The number of methoxy groups -OCH3 is 2. The van der Waals surface area contributed by atoms with E-state index in [1.165, 1.54) is 99.6 Å². The molecule has 14 rings (SSSR count). The number of ketones is 6. The van der Waals surface area contributed by atoms with E-state index in [0.717, 1.165) is 12.1 Å². The fraction of sp³-hybridized carbons (Fsp3) is 0.478. The first-order valence-corrected chi connectivity index (χ1v) is 44.4. The standard InChI is InChI=1S/C92H104N8O40/c1-6-63(106)93-17-19-129-21-23-131-24-22-130-20-18-99-34-45(97-98-99)27-57(43-14-16-54(53(26-43)100(125)126)138-87-86(119)85(118)80(113)60(35-101)139-87)140-90(122)94-50-15-13-42(38-132-88(120)95-51-28-64(134-40(2)74(51)107)136-58-32-91(123,61(104)36-102)30-48-68(58)83(116)72-70(78(48)111)76(109)46-9-7-11-55(127-4)66(46)81(72)114)25-44(50)39-133-89(121)96-52-29-65(135-41(3)75(52)108)137-59-33-92(124,62(105)37-103)31-49-69(59)84(117)73-71(79(49)112)77(110)47-10-8-12-56(128-5)67(47)82(73)115/h7-16,25-26,34,40-41,51-52,57-60,64-65,74-75,80,85-87,101-103,107-108,111-113,116-119,123-124H,6,17-24,27-33,35-39H2,1-5H3,(H,93,106)(H,94,122)(H,95,120)(H,96,121)/t40?,41?,51-,52-,57?,58+,59+,60?,64+,65+,74?,75?,80+,85?,86+,87-,91+,92+/m1/s1. The average molecular weight is 1960 g/mol. The molecule has 4 aliphatic carbocycles. The number of hydrogen-bond acceptors (Lipinski definition) is 42. The Bertz CT molecular complexity index is 5910. The van der Waals surface area contributed by atoms with E-state index in [1.54, 1.807) is 6.92 Å². The van der Waals surface area contributed by atoms with Crippen LogP contribution < -0.4 is 35.5 Å². The number of aromatic hydroxyl groups is 4. The fourth-order valence-electron chi connectivity index (χ4n) is 18.0. The SMILES string of the molecule is CCC(=O)NCCOCCOCCOCCn1cc(CC(OC(=O)Nc2ccc(COC(=O)N[C@@H]3C[C@H](O[C@H]4C[C@](O)(C(=O)CO)Cc5c(O)c6c(c(O)c54)C(=O)c4c(OC)cccc4C6=O)OC(C)C3O)cc2COC(=O)N[C@@H]2C[C@H](O[C@H]3C[C@](O)(C(=O)CO)Cc4c(O)c5c(c(O)c43)C(=O)c3c(OC)cccc3C5=O)OC(C)C2O)c2ccc(O[C@@H]3OC(CO)[C@H](O)C(O)[C@@H]3O)c([N+](=O)[O-])c2)nn1. The highest BCUT2D eigenvalue weighted by Gasteiger charge is 2.55. The number of carbonyl (C=O) groups is 10. The van der Waals surface area contributed by atoms with Gasteiger partial charge in [0, 0.05) is 109 Å². The van der Waals surface area contributed by atoms with Crippen LogP contribution in [0.4, 0.5) is 25.8 Å². The second kappa shape index (κ2) is 43.8. The van der Waals surface area contributed by atoms with Gasteiger partial charge in [0.15, 0.2) is 41.5 Å². The summed E-state index contributed by atoms with van der Waals surface area (Å²) in [5, 5.41) is 189. The van der Waals surface area contributed by atoms with Crippen LogP contribution in [0.2, 0.25) is 0 Å². The number of Topliss-reactive ketones (excluding diaryl/α,β-unsaturated/α-hetero) is 2. The Morgan fingerprint density at radius 1 is 0.593 bits per heavy atom. The first-order valence-electron chi connectivity index (χ1n) is 44.4. The topological polar surface area (TPSA) is 705 Å². The average Bonchev–Trinajstić information content (AvgIpc) is 0.797.